The van der Waals surface area contributed by atoms with Crippen LogP contribution in [0, 0.1) is 5.82 Å². The number of rotatable bonds is 12. The quantitative estimate of drug-likeness (QED) is 0.316. The zero-order chi connectivity index (χ0) is 20.7. The number of unbranched alkanes of at least 4 members (excludes halogenated alkanes) is 1. The molecule has 1 saturated heterocycles. The highest BCUT2D eigenvalue weighted by molar-refractivity contribution is 5.80. The maximum atomic E-state index is 13.4. The van der Waals surface area contributed by atoms with E-state index in [1.165, 1.54) is 6.07 Å². The van der Waals surface area contributed by atoms with E-state index in [2.05, 4.69) is 34.4 Å². The zero-order valence-electron chi connectivity index (χ0n) is 18.0. The molecule has 1 aliphatic rings. The fourth-order valence-electron chi connectivity index (χ4n) is 3.26. The van der Waals surface area contributed by atoms with Crippen LogP contribution in [0.1, 0.15) is 39.5 Å². The van der Waals surface area contributed by atoms with E-state index >= 15 is 0 Å². The van der Waals surface area contributed by atoms with Crippen molar-refractivity contribution in [2.24, 2.45) is 4.99 Å². The molecule has 0 aliphatic carbocycles. The highest BCUT2D eigenvalue weighted by Crippen LogP contribution is 2.20. The second-order valence-corrected chi connectivity index (χ2v) is 7.22. The average molecular weight is 409 g/mol. The van der Waals surface area contributed by atoms with Crippen molar-refractivity contribution >= 4 is 11.6 Å². The lowest BCUT2D eigenvalue weighted by atomic mass is 10.0. The standard InChI is InChI=1S/C22H37FN4O2/c1-3-5-14-28-16-17-29-15-11-25-22(24-4-2)26-20-9-12-27(13-10-20)21-8-6-7-19(23)18-21/h6-8,18,20H,3-5,9-17H2,1-2H3,(H2,24,25,26). The van der Waals surface area contributed by atoms with E-state index in [4.69, 9.17) is 9.47 Å². The third kappa shape index (κ3) is 9.45. The molecule has 1 aromatic rings. The summed E-state index contributed by atoms with van der Waals surface area (Å²) in [7, 11) is 0. The summed E-state index contributed by atoms with van der Waals surface area (Å²) < 4.78 is 24.5. The molecule has 0 atom stereocenters. The van der Waals surface area contributed by atoms with Crippen molar-refractivity contribution in [2.75, 3.05) is 57.5 Å². The number of guanidine groups is 1. The highest BCUT2D eigenvalue weighted by atomic mass is 19.1. The number of hydrogen-bond donors (Lipinski definition) is 2. The third-order valence-electron chi connectivity index (χ3n) is 4.87. The largest absolute Gasteiger partial charge is 0.379 e. The Morgan fingerprint density at radius 3 is 2.59 bits per heavy atom. The second-order valence-electron chi connectivity index (χ2n) is 7.22. The molecular weight excluding hydrogens is 371 g/mol. The Bertz CT molecular complexity index is 592. The summed E-state index contributed by atoms with van der Waals surface area (Å²) in [6, 6.07) is 7.20. The fraction of sp³-hybridized carbons (Fsp3) is 0.682. The van der Waals surface area contributed by atoms with E-state index in [1.807, 2.05) is 6.07 Å². The summed E-state index contributed by atoms with van der Waals surface area (Å²) in [6.45, 7) is 10.1. The van der Waals surface area contributed by atoms with Crippen LogP contribution in [0.4, 0.5) is 10.1 Å². The number of benzene rings is 1. The number of anilines is 1. The summed E-state index contributed by atoms with van der Waals surface area (Å²) in [5.74, 6) is 0.651. The molecular formula is C22H37FN4O2. The zero-order valence-corrected chi connectivity index (χ0v) is 18.0. The number of aliphatic imine (C=N–C) groups is 1. The van der Waals surface area contributed by atoms with Gasteiger partial charge in [0.15, 0.2) is 5.96 Å². The molecule has 0 bridgehead atoms. The molecule has 7 heteroatoms. The molecule has 2 N–H and O–H groups in total. The lowest BCUT2D eigenvalue weighted by Crippen LogP contribution is -2.48. The number of hydrogen-bond acceptors (Lipinski definition) is 4. The molecule has 0 unspecified atom stereocenters. The Labute approximate surface area is 174 Å². The van der Waals surface area contributed by atoms with Crippen molar-refractivity contribution in [3.05, 3.63) is 30.1 Å². The van der Waals surface area contributed by atoms with Crippen LogP contribution < -0.4 is 15.5 Å². The molecule has 2 rings (SSSR count). The molecule has 6 nitrogen and oxygen atoms in total. The maximum Gasteiger partial charge on any atom is 0.191 e. The van der Waals surface area contributed by atoms with Crippen LogP contribution in [-0.4, -0.2) is 64.6 Å². The minimum absolute atomic E-state index is 0.181. The summed E-state index contributed by atoms with van der Waals surface area (Å²) in [5, 5.41) is 6.82. The van der Waals surface area contributed by atoms with Crippen molar-refractivity contribution in [1.82, 2.24) is 10.6 Å². The van der Waals surface area contributed by atoms with E-state index in [1.54, 1.807) is 12.1 Å². The lowest BCUT2D eigenvalue weighted by molar-refractivity contribution is 0.0497. The van der Waals surface area contributed by atoms with Gasteiger partial charge in [-0.25, -0.2) is 4.39 Å². The molecule has 1 aliphatic heterocycles. The second kappa shape index (κ2) is 14.2. The smallest absolute Gasteiger partial charge is 0.191 e. The first-order valence-electron chi connectivity index (χ1n) is 10.9. The minimum atomic E-state index is -0.181. The van der Waals surface area contributed by atoms with Crippen LogP contribution in [0.15, 0.2) is 29.3 Å². The van der Waals surface area contributed by atoms with Crippen molar-refractivity contribution in [3.63, 3.8) is 0 Å². The molecule has 1 aromatic carbocycles. The monoisotopic (exact) mass is 408 g/mol. The van der Waals surface area contributed by atoms with Crippen LogP contribution in [-0.2, 0) is 9.47 Å². The van der Waals surface area contributed by atoms with E-state index < -0.39 is 0 Å². The van der Waals surface area contributed by atoms with Crippen LogP contribution >= 0.6 is 0 Å². The van der Waals surface area contributed by atoms with E-state index in [0.29, 0.717) is 32.4 Å². The number of ether oxygens (including phenoxy) is 2. The van der Waals surface area contributed by atoms with E-state index in [-0.39, 0.29) is 5.82 Å². The van der Waals surface area contributed by atoms with Gasteiger partial charge in [-0.05, 0) is 44.4 Å². The van der Waals surface area contributed by atoms with Gasteiger partial charge in [0.25, 0.3) is 0 Å². The topological polar surface area (TPSA) is 58.1 Å². The summed E-state index contributed by atoms with van der Waals surface area (Å²) in [4.78, 5) is 6.85. The van der Waals surface area contributed by atoms with Crippen molar-refractivity contribution < 1.29 is 13.9 Å². The summed E-state index contributed by atoms with van der Waals surface area (Å²) >= 11 is 0. The Balaban J connectivity index is 1.66. The molecule has 164 valence electrons. The van der Waals surface area contributed by atoms with Gasteiger partial charge in [-0.2, -0.15) is 0 Å². The SMILES string of the molecule is CCCCOCCOCCN=C(NCC)NC1CCN(c2cccc(F)c2)CC1. The molecule has 1 fully saturated rings. The molecule has 0 radical (unpaired) electrons. The van der Waals surface area contributed by atoms with Gasteiger partial charge in [0, 0.05) is 38.0 Å². The van der Waals surface area contributed by atoms with Gasteiger partial charge in [-0.15, -0.1) is 0 Å². The Kier molecular flexibility index (Phi) is 11.4. The Hall–Kier alpha value is -1.86. The van der Waals surface area contributed by atoms with Gasteiger partial charge >= 0.3 is 0 Å². The van der Waals surface area contributed by atoms with Gasteiger partial charge in [0.1, 0.15) is 5.82 Å². The lowest BCUT2D eigenvalue weighted by Gasteiger charge is -2.34. The van der Waals surface area contributed by atoms with E-state index in [0.717, 1.165) is 63.6 Å². The van der Waals surface area contributed by atoms with Crippen LogP contribution in [0.2, 0.25) is 0 Å². The number of halogens is 1. The summed E-state index contributed by atoms with van der Waals surface area (Å²) in [6.07, 6.45) is 4.24. The third-order valence-corrected chi connectivity index (χ3v) is 4.87. The number of nitrogens with one attached hydrogen (secondary N) is 2. The molecule has 1 heterocycles. The average Bonchev–Trinajstić information content (AvgIpc) is 2.73. The predicted molar refractivity (Wildman–Crippen MR) is 117 cm³/mol. The van der Waals surface area contributed by atoms with Crippen molar-refractivity contribution in [3.8, 4) is 0 Å². The first kappa shape index (κ1) is 23.4. The van der Waals surface area contributed by atoms with Gasteiger partial charge in [0.2, 0.25) is 0 Å². The summed E-state index contributed by atoms with van der Waals surface area (Å²) in [5.41, 5.74) is 0.958. The van der Waals surface area contributed by atoms with E-state index in [9.17, 15) is 4.39 Å². The van der Waals surface area contributed by atoms with Gasteiger partial charge < -0.3 is 25.0 Å². The highest BCUT2D eigenvalue weighted by Gasteiger charge is 2.20. The normalized spacial score (nSPS) is 15.6. The van der Waals surface area contributed by atoms with Gasteiger partial charge in [-0.3, -0.25) is 4.99 Å². The van der Waals surface area contributed by atoms with Crippen LogP contribution in [0.3, 0.4) is 0 Å². The molecule has 0 amide bonds. The Morgan fingerprint density at radius 2 is 1.90 bits per heavy atom. The maximum absolute atomic E-state index is 13.4. The van der Waals surface area contributed by atoms with Crippen molar-refractivity contribution in [2.45, 2.75) is 45.6 Å². The van der Waals surface area contributed by atoms with Crippen molar-refractivity contribution in [1.29, 1.82) is 0 Å². The first-order chi connectivity index (χ1) is 14.2. The van der Waals surface area contributed by atoms with Crippen LogP contribution in [0.5, 0.6) is 0 Å². The number of piperidine rings is 1. The molecule has 0 spiro atoms. The van der Waals surface area contributed by atoms with Gasteiger partial charge in [-0.1, -0.05) is 19.4 Å². The first-order valence-corrected chi connectivity index (χ1v) is 10.9. The Morgan fingerprint density at radius 1 is 1.14 bits per heavy atom. The molecule has 0 saturated carbocycles. The molecule has 29 heavy (non-hydrogen) atoms. The van der Waals surface area contributed by atoms with Crippen LogP contribution in [0.25, 0.3) is 0 Å². The minimum Gasteiger partial charge on any atom is -0.379 e. The fourth-order valence-corrected chi connectivity index (χ4v) is 3.26. The molecule has 0 aromatic heterocycles. The van der Waals surface area contributed by atoms with Gasteiger partial charge in [0.05, 0.1) is 26.4 Å². The predicted octanol–water partition coefficient (Wildman–Crippen LogP) is 3.18. The number of nitrogens with zero attached hydrogens (tertiary/aromatic N) is 2.